The molecule has 0 aromatic carbocycles. The van der Waals surface area contributed by atoms with Crippen molar-refractivity contribution in [3.05, 3.63) is 35.7 Å². The minimum atomic E-state index is -0.462. The second kappa shape index (κ2) is 6.19. The Hall–Kier alpha value is -1.84. The van der Waals surface area contributed by atoms with Crippen LogP contribution in [0.4, 0.5) is 4.79 Å². The van der Waals surface area contributed by atoms with Gasteiger partial charge in [-0.15, -0.1) is 0 Å². The van der Waals surface area contributed by atoms with Crippen molar-refractivity contribution in [2.45, 2.75) is 33.3 Å². The number of pyridine rings is 1. The van der Waals surface area contributed by atoms with Gasteiger partial charge in [0.15, 0.2) is 0 Å². The summed E-state index contributed by atoms with van der Waals surface area (Å²) in [6.45, 7) is 7.89. The number of aromatic nitrogens is 1. The lowest BCUT2D eigenvalue weighted by molar-refractivity contribution is 0.0534. The number of carbonyl (C=O) groups excluding carboxylic acids is 1. The van der Waals surface area contributed by atoms with E-state index in [0.29, 0.717) is 6.54 Å². The van der Waals surface area contributed by atoms with E-state index in [1.54, 1.807) is 6.20 Å². The van der Waals surface area contributed by atoms with E-state index in [2.05, 4.69) is 10.3 Å². The first-order valence-corrected chi connectivity index (χ1v) is 5.93. The van der Waals surface area contributed by atoms with Gasteiger partial charge in [-0.05, 0) is 45.4 Å². The number of alkyl carbamates (subject to hydrolysis) is 1. The van der Waals surface area contributed by atoms with E-state index < -0.39 is 11.7 Å². The number of ether oxygens (including phenoxy) is 1. The highest BCUT2D eigenvalue weighted by Crippen LogP contribution is 2.06. The molecule has 0 spiro atoms. The predicted octanol–water partition coefficient (Wildman–Crippen LogP) is 2.93. The lowest BCUT2D eigenvalue weighted by Gasteiger charge is -2.19. The molecule has 0 unspecified atom stereocenters. The first kappa shape index (κ1) is 14.2. The maximum absolute atomic E-state index is 11.3. The highest BCUT2D eigenvalue weighted by Gasteiger charge is 2.14. The molecule has 4 nitrogen and oxygen atoms in total. The summed E-state index contributed by atoms with van der Waals surface area (Å²) in [5, 5.41) is 2.66. The van der Waals surface area contributed by atoms with Crippen molar-refractivity contribution >= 4 is 12.2 Å². The monoisotopic (exact) mass is 248 g/mol. The van der Waals surface area contributed by atoms with Gasteiger partial charge in [0, 0.05) is 18.4 Å². The van der Waals surface area contributed by atoms with Gasteiger partial charge in [0.2, 0.25) is 0 Å². The van der Waals surface area contributed by atoms with Crippen molar-refractivity contribution in [3.8, 4) is 0 Å². The van der Waals surface area contributed by atoms with E-state index in [1.165, 1.54) is 0 Å². The molecule has 1 aromatic rings. The summed E-state index contributed by atoms with van der Waals surface area (Å²) < 4.78 is 5.12. The standard InChI is InChI=1S/C14H20N2O2/c1-11-10-12(7-9-15-11)6-5-8-16-13(17)18-14(2,3)4/h5-7,9-10H,8H2,1-4H3,(H,16,17). The largest absolute Gasteiger partial charge is 0.444 e. The predicted molar refractivity (Wildman–Crippen MR) is 72.2 cm³/mol. The lowest BCUT2D eigenvalue weighted by atomic mass is 10.2. The van der Waals surface area contributed by atoms with Gasteiger partial charge in [0.05, 0.1) is 0 Å². The Labute approximate surface area is 108 Å². The third-order valence-corrected chi connectivity index (χ3v) is 1.99. The number of hydrogen-bond acceptors (Lipinski definition) is 3. The Balaban J connectivity index is 2.36. The van der Waals surface area contributed by atoms with Crippen molar-refractivity contribution in [3.63, 3.8) is 0 Å². The molecule has 1 N–H and O–H groups in total. The molecular weight excluding hydrogens is 228 g/mol. The molecule has 0 fully saturated rings. The SMILES string of the molecule is Cc1cc(C=CCNC(=O)OC(C)(C)C)ccn1. The summed E-state index contributed by atoms with van der Waals surface area (Å²) in [5.74, 6) is 0. The van der Waals surface area contributed by atoms with Gasteiger partial charge in [-0.1, -0.05) is 12.2 Å². The molecule has 0 aliphatic carbocycles. The van der Waals surface area contributed by atoms with Crippen molar-refractivity contribution < 1.29 is 9.53 Å². The van der Waals surface area contributed by atoms with E-state index >= 15 is 0 Å². The molecule has 0 radical (unpaired) electrons. The van der Waals surface area contributed by atoms with E-state index in [-0.39, 0.29) is 0 Å². The van der Waals surface area contributed by atoms with Crippen LogP contribution in [0.5, 0.6) is 0 Å². The maximum Gasteiger partial charge on any atom is 0.407 e. The average Bonchev–Trinajstić information content (AvgIpc) is 2.22. The van der Waals surface area contributed by atoms with Gasteiger partial charge in [-0.25, -0.2) is 4.79 Å². The van der Waals surface area contributed by atoms with Gasteiger partial charge < -0.3 is 10.1 Å². The van der Waals surface area contributed by atoms with Gasteiger partial charge in [-0.3, -0.25) is 4.98 Å². The minimum absolute atomic E-state index is 0.405. The van der Waals surface area contributed by atoms with Crippen LogP contribution < -0.4 is 5.32 Å². The summed E-state index contributed by atoms with van der Waals surface area (Å²) in [6, 6.07) is 3.89. The zero-order valence-corrected chi connectivity index (χ0v) is 11.4. The highest BCUT2D eigenvalue weighted by molar-refractivity contribution is 5.68. The summed E-state index contributed by atoms with van der Waals surface area (Å²) in [4.78, 5) is 15.5. The molecule has 1 rings (SSSR count). The summed E-state index contributed by atoms with van der Waals surface area (Å²) in [5.41, 5.74) is 1.57. The summed E-state index contributed by atoms with van der Waals surface area (Å²) in [7, 11) is 0. The van der Waals surface area contributed by atoms with Gasteiger partial charge in [0.25, 0.3) is 0 Å². The topological polar surface area (TPSA) is 51.2 Å². The molecular formula is C14H20N2O2. The van der Waals surface area contributed by atoms with E-state index in [1.807, 2.05) is 52.0 Å². The van der Waals surface area contributed by atoms with Crippen molar-refractivity contribution in [2.24, 2.45) is 0 Å². The Morgan fingerprint density at radius 2 is 2.22 bits per heavy atom. The average molecular weight is 248 g/mol. The second-order valence-electron chi connectivity index (χ2n) is 5.02. The number of aryl methyl sites for hydroxylation is 1. The molecule has 1 heterocycles. The Morgan fingerprint density at radius 3 is 2.83 bits per heavy atom. The van der Waals surface area contributed by atoms with Crippen LogP contribution in [0.15, 0.2) is 24.4 Å². The fraction of sp³-hybridized carbons (Fsp3) is 0.429. The fourth-order valence-corrected chi connectivity index (χ4v) is 1.32. The smallest absolute Gasteiger partial charge is 0.407 e. The Morgan fingerprint density at radius 1 is 1.50 bits per heavy atom. The van der Waals surface area contributed by atoms with Crippen LogP contribution in [0.3, 0.4) is 0 Å². The van der Waals surface area contributed by atoms with Crippen molar-refractivity contribution in [1.82, 2.24) is 10.3 Å². The number of hydrogen-bond donors (Lipinski definition) is 1. The molecule has 0 saturated heterocycles. The third kappa shape index (κ3) is 6.03. The first-order valence-electron chi connectivity index (χ1n) is 5.93. The van der Waals surface area contributed by atoms with Crippen LogP contribution in [-0.2, 0) is 4.74 Å². The first-order chi connectivity index (χ1) is 8.37. The molecule has 4 heteroatoms. The van der Waals surface area contributed by atoms with Crippen LogP contribution in [-0.4, -0.2) is 23.2 Å². The molecule has 98 valence electrons. The Kier molecular flexibility index (Phi) is 4.89. The number of nitrogens with zero attached hydrogens (tertiary/aromatic N) is 1. The summed E-state index contributed by atoms with van der Waals surface area (Å²) >= 11 is 0. The number of rotatable bonds is 3. The molecule has 0 atom stereocenters. The van der Waals surface area contributed by atoms with Crippen LogP contribution in [0.1, 0.15) is 32.0 Å². The molecule has 18 heavy (non-hydrogen) atoms. The molecule has 0 bridgehead atoms. The number of nitrogens with one attached hydrogen (secondary N) is 1. The van der Waals surface area contributed by atoms with Crippen molar-refractivity contribution in [2.75, 3.05) is 6.54 Å². The van der Waals surface area contributed by atoms with E-state index in [0.717, 1.165) is 11.3 Å². The molecule has 0 aliphatic rings. The minimum Gasteiger partial charge on any atom is -0.444 e. The van der Waals surface area contributed by atoms with Gasteiger partial charge >= 0.3 is 6.09 Å². The zero-order valence-electron chi connectivity index (χ0n) is 11.4. The van der Waals surface area contributed by atoms with Crippen LogP contribution >= 0.6 is 0 Å². The van der Waals surface area contributed by atoms with E-state index in [9.17, 15) is 4.79 Å². The van der Waals surface area contributed by atoms with Crippen LogP contribution in [0, 0.1) is 6.92 Å². The summed E-state index contributed by atoms with van der Waals surface area (Å²) in [6.07, 6.45) is 5.17. The second-order valence-corrected chi connectivity index (χ2v) is 5.02. The third-order valence-electron chi connectivity index (χ3n) is 1.99. The molecule has 0 saturated carbocycles. The molecule has 0 aliphatic heterocycles. The zero-order chi connectivity index (χ0) is 13.6. The van der Waals surface area contributed by atoms with Crippen LogP contribution in [0.2, 0.25) is 0 Å². The fourth-order valence-electron chi connectivity index (χ4n) is 1.32. The van der Waals surface area contributed by atoms with Crippen molar-refractivity contribution in [1.29, 1.82) is 0 Å². The maximum atomic E-state index is 11.3. The number of carbonyl (C=O) groups is 1. The highest BCUT2D eigenvalue weighted by atomic mass is 16.6. The van der Waals surface area contributed by atoms with Gasteiger partial charge in [-0.2, -0.15) is 0 Å². The van der Waals surface area contributed by atoms with Gasteiger partial charge in [0.1, 0.15) is 5.60 Å². The lowest BCUT2D eigenvalue weighted by Crippen LogP contribution is -2.32. The quantitative estimate of drug-likeness (QED) is 0.894. The number of amides is 1. The molecule has 1 aromatic heterocycles. The van der Waals surface area contributed by atoms with Crippen LogP contribution in [0.25, 0.3) is 6.08 Å². The normalized spacial score (nSPS) is 11.6. The molecule has 1 amide bonds. The Bertz CT molecular complexity index is 434. The van der Waals surface area contributed by atoms with E-state index in [4.69, 9.17) is 4.74 Å².